The summed E-state index contributed by atoms with van der Waals surface area (Å²) in [6.07, 6.45) is 5.45. The summed E-state index contributed by atoms with van der Waals surface area (Å²) in [6.45, 7) is 0. The molecule has 0 atom stereocenters. The lowest BCUT2D eigenvalue weighted by Crippen LogP contribution is -2.39. The van der Waals surface area contributed by atoms with Crippen molar-refractivity contribution in [3.63, 3.8) is 0 Å². The number of hydrogen-bond donors (Lipinski definition) is 3. The zero-order chi connectivity index (χ0) is 16.2. The third-order valence-electron chi connectivity index (χ3n) is 4.24. The number of hydrogen-bond acceptors (Lipinski definition) is 4. The van der Waals surface area contributed by atoms with Crippen molar-refractivity contribution in [2.24, 2.45) is 0 Å². The Labute approximate surface area is 134 Å². The van der Waals surface area contributed by atoms with Crippen LogP contribution in [0.15, 0.2) is 33.5 Å². The Kier molecular flexibility index (Phi) is 4.50. The van der Waals surface area contributed by atoms with Gasteiger partial charge in [0.05, 0.1) is 5.69 Å². The van der Waals surface area contributed by atoms with Gasteiger partial charge >= 0.3 is 11.7 Å². The highest BCUT2D eigenvalue weighted by atomic mass is 16.4. The molecule has 3 rings (SSSR count). The van der Waals surface area contributed by atoms with Crippen molar-refractivity contribution >= 4 is 28.4 Å². The largest absolute Gasteiger partial charge is 0.421 e. The first-order chi connectivity index (χ1) is 11.2. The lowest BCUT2D eigenvalue weighted by atomic mass is 9.96. The molecule has 1 fully saturated rings. The number of benzene rings is 1. The second-order valence-electron chi connectivity index (χ2n) is 5.82. The first kappa shape index (κ1) is 15.4. The van der Waals surface area contributed by atoms with Crippen LogP contribution < -0.4 is 21.6 Å². The van der Waals surface area contributed by atoms with Crippen LogP contribution in [0.3, 0.4) is 0 Å². The monoisotopic (exact) mass is 315 g/mol. The second-order valence-corrected chi connectivity index (χ2v) is 5.82. The van der Waals surface area contributed by atoms with E-state index in [1.165, 1.54) is 6.42 Å². The molecule has 6 heteroatoms. The number of anilines is 2. The van der Waals surface area contributed by atoms with E-state index in [1.807, 2.05) is 12.1 Å². The minimum absolute atomic E-state index is 0.138. The molecule has 3 N–H and O–H groups in total. The summed E-state index contributed by atoms with van der Waals surface area (Å²) < 4.78 is 5.29. The highest BCUT2D eigenvalue weighted by Gasteiger charge is 2.19. The Morgan fingerprint density at radius 3 is 2.61 bits per heavy atom. The molecule has 1 aromatic heterocycles. The molecule has 0 radical (unpaired) electrons. The van der Waals surface area contributed by atoms with Gasteiger partial charge in [-0.15, -0.1) is 0 Å². The van der Waals surface area contributed by atoms with Crippen molar-refractivity contribution in [3.05, 3.63) is 34.7 Å². The summed E-state index contributed by atoms with van der Waals surface area (Å²) in [7, 11) is 1.71. The van der Waals surface area contributed by atoms with Gasteiger partial charge in [-0.2, -0.15) is 0 Å². The average Bonchev–Trinajstić information content (AvgIpc) is 2.56. The van der Waals surface area contributed by atoms with Gasteiger partial charge in [0, 0.05) is 18.5 Å². The Bertz CT molecular complexity index is 763. The topological polar surface area (TPSA) is 83.4 Å². The van der Waals surface area contributed by atoms with Gasteiger partial charge in [0.25, 0.3) is 0 Å². The van der Waals surface area contributed by atoms with E-state index in [9.17, 15) is 9.59 Å². The van der Waals surface area contributed by atoms with Crippen molar-refractivity contribution in [3.8, 4) is 0 Å². The third-order valence-corrected chi connectivity index (χ3v) is 4.24. The molecule has 1 aliphatic carbocycles. The Hall–Kier alpha value is -2.50. The van der Waals surface area contributed by atoms with Gasteiger partial charge < -0.3 is 15.1 Å². The van der Waals surface area contributed by atoms with E-state index < -0.39 is 5.63 Å². The van der Waals surface area contributed by atoms with Crippen LogP contribution >= 0.6 is 0 Å². The molecule has 2 aromatic rings. The predicted molar refractivity (Wildman–Crippen MR) is 91.1 cm³/mol. The van der Waals surface area contributed by atoms with E-state index in [0.29, 0.717) is 11.3 Å². The highest BCUT2D eigenvalue weighted by molar-refractivity contribution is 6.01. The molecule has 1 aromatic carbocycles. The Morgan fingerprint density at radius 1 is 1.13 bits per heavy atom. The normalized spacial score (nSPS) is 15.3. The fraction of sp³-hybridized carbons (Fsp3) is 0.412. The average molecular weight is 315 g/mol. The first-order valence-corrected chi connectivity index (χ1v) is 8.00. The number of amides is 2. The minimum atomic E-state index is -0.563. The maximum absolute atomic E-state index is 12.2. The highest BCUT2D eigenvalue weighted by Crippen LogP contribution is 2.28. The number of carbonyl (C=O) groups excluding carboxylic acids is 1. The summed E-state index contributed by atoms with van der Waals surface area (Å²) in [5.41, 5.74) is 0.627. The quantitative estimate of drug-likeness (QED) is 0.759. The first-order valence-electron chi connectivity index (χ1n) is 8.00. The summed E-state index contributed by atoms with van der Waals surface area (Å²) in [5.74, 6) is 0. The van der Waals surface area contributed by atoms with Crippen LogP contribution in [0.4, 0.5) is 16.2 Å². The molecular formula is C17H21N3O3. The van der Waals surface area contributed by atoms with Crippen LogP contribution in [-0.4, -0.2) is 19.1 Å². The molecule has 6 nitrogen and oxygen atoms in total. The lowest BCUT2D eigenvalue weighted by molar-refractivity contribution is 0.244. The maximum Gasteiger partial charge on any atom is 0.362 e. The summed E-state index contributed by atoms with van der Waals surface area (Å²) in [5, 5.41) is 9.32. The molecule has 0 unspecified atom stereocenters. The number of fused-ring (bicyclic) bond motifs is 1. The number of urea groups is 1. The number of nitrogens with one attached hydrogen (secondary N) is 3. The molecule has 1 aliphatic rings. The van der Waals surface area contributed by atoms with Gasteiger partial charge in [0.2, 0.25) is 0 Å². The summed E-state index contributed by atoms with van der Waals surface area (Å²) >= 11 is 0. The van der Waals surface area contributed by atoms with Crippen molar-refractivity contribution in [2.45, 2.75) is 38.1 Å². The zero-order valence-electron chi connectivity index (χ0n) is 13.1. The van der Waals surface area contributed by atoms with Crippen molar-refractivity contribution in [2.75, 3.05) is 17.7 Å². The van der Waals surface area contributed by atoms with Gasteiger partial charge in [-0.1, -0.05) is 31.4 Å². The summed E-state index contributed by atoms with van der Waals surface area (Å²) in [4.78, 5) is 24.4. The number of para-hydroxylation sites is 1. The molecule has 0 spiro atoms. The van der Waals surface area contributed by atoms with E-state index in [0.717, 1.165) is 31.1 Å². The van der Waals surface area contributed by atoms with Crippen LogP contribution in [0.1, 0.15) is 32.1 Å². The lowest BCUT2D eigenvalue weighted by Gasteiger charge is -2.23. The molecule has 0 saturated heterocycles. The molecule has 122 valence electrons. The Morgan fingerprint density at radius 2 is 1.87 bits per heavy atom. The standard InChI is InChI=1S/C17H21N3O3/c1-18-14-12-9-5-6-10-13(12)23-16(21)15(14)20-17(22)19-11-7-3-2-4-8-11/h5-6,9-11,18H,2-4,7-8H2,1H3,(H2,19,20,22). The van der Waals surface area contributed by atoms with Crippen molar-refractivity contribution in [1.82, 2.24) is 5.32 Å². The van der Waals surface area contributed by atoms with E-state index >= 15 is 0 Å². The molecule has 0 bridgehead atoms. The van der Waals surface area contributed by atoms with Crippen molar-refractivity contribution < 1.29 is 9.21 Å². The van der Waals surface area contributed by atoms with E-state index in [-0.39, 0.29) is 17.8 Å². The smallest absolute Gasteiger partial charge is 0.362 e. The van der Waals surface area contributed by atoms with Crippen LogP contribution in [-0.2, 0) is 0 Å². The van der Waals surface area contributed by atoms with Crippen LogP contribution in [0.25, 0.3) is 11.0 Å². The molecule has 1 heterocycles. The fourth-order valence-corrected chi connectivity index (χ4v) is 3.10. The Balaban J connectivity index is 1.85. The van der Waals surface area contributed by atoms with Crippen molar-refractivity contribution in [1.29, 1.82) is 0 Å². The zero-order valence-corrected chi connectivity index (χ0v) is 13.1. The predicted octanol–water partition coefficient (Wildman–Crippen LogP) is 3.29. The van der Waals surface area contributed by atoms with E-state index in [1.54, 1.807) is 19.2 Å². The molecule has 2 amide bonds. The van der Waals surface area contributed by atoms with Gasteiger partial charge in [-0.05, 0) is 25.0 Å². The van der Waals surface area contributed by atoms with Crippen LogP contribution in [0, 0.1) is 0 Å². The SMILES string of the molecule is CNc1c(NC(=O)NC2CCCCC2)c(=O)oc2ccccc12. The fourth-order valence-electron chi connectivity index (χ4n) is 3.10. The van der Waals surface area contributed by atoms with Crippen LogP contribution in [0.2, 0.25) is 0 Å². The van der Waals surface area contributed by atoms with Gasteiger partial charge in [0.1, 0.15) is 5.58 Å². The molecule has 23 heavy (non-hydrogen) atoms. The van der Waals surface area contributed by atoms with E-state index in [4.69, 9.17) is 4.42 Å². The number of carbonyl (C=O) groups is 1. The van der Waals surface area contributed by atoms with Gasteiger partial charge in [-0.3, -0.25) is 5.32 Å². The molecular weight excluding hydrogens is 294 g/mol. The summed E-state index contributed by atoms with van der Waals surface area (Å²) in [6, 6.07) is 7.03. The minimum Gasteiger partial charge on any atom is -0.421 e. The second kappa shape index (κ2) is 6.73. The van der Waals surface area contributed by atoms with Gasteiger partial charge in [0.15, 0.2) is 5.69 Å². The van der Waals surface area contributed by atoms with Crippen LogP contribution in [0.5, 0.6) is 0 Å². The molecule has 1 saturated carbocycles. The third kappa shape index (κ3) is 3.31. The number of rotatable bonds is 3. The maximum atomic E-state index is 12.2. The molecule has 0 aliphatic heterocycles. The van der Waals surface area contributed by atoms with Gasteiger partial charge in [-0.25, -0.2) is 9.59 Å². The van der Waals surface area contributed by atoms with E-state index in [2.05, 4.69) is 16.0 Å².